The van der Waals surface area contributed by atoms with Crippen LogP contribution in [0.15, 0.2) is 71.6 Å². The average molecular weight is 383 g/mol. The van der Waals surface area contributed by atoms with E-state index in [2.05, 4.69) is 11.3 Å². The Bertz CT molecular complexity index is 983. The van der Waals surface area contributed by atoms with Crippen LogP contribution in [0.5, 0.6) is 0 Å². The highest BCUT2D eigenvalue weighted by atomic mass is 32.2. The van der Waals surface area contributed by atoms with Gasteiger partial charge in [-0.25, -0.2) is 8.42 Å². The number of fused-ring (bicyclic) bond motifs is 1. The van der Waals surface area contributed by atoms with Crippen LogP contribution in [0.1, 0.15) is 18.4 Å². The molecular weight excluding hydrogens is 362 g/mol. The molecule has 1 saturated carbocycles. The molecule has 0 bridgehead atoms. The van der Waals surface area contributed by atoms with E-state index >= 15 is 0 Å². The van der Waals surface area contributed by atoms with Crippen LogP contribution in [0.25, 0.3) is 0 Å². The number of benzene rings is 2. The Hall–Kier alpha value is -2.60. The van der Waals surface area contributed by atoms with E-state index in [0.717, 1.165) is 17.6 Å². The normalized spacial score (nSPS) is 24.5. The fourth-order valence-electron chi connectivity index (χ4n) is 4.13. The number of sulfonamides is 1. The highest BCUT2D eigenvalue weighted by Crippen LogP contribution is 2.52. The van der Waals surface area contributed by atoms with E-state index < -0.39 is 15.4 Å². The first-order chi connectivity index (χ1) is 12.9. The van der Waals surface area contributed by atoms with Gasteiger partial charge in [0.15, 0.2) is 0 Å². The highest BCUT2D eigenvalue weighted by Gasteiger charge is 2.55. The quantitative estimate of drug-likeness (QED) is 0.633. The number of anilines is 1. The fraction of sp³-hybridized carbons (Fsp3) is 0.286. The topological polar surface area (TPSA) is 72.5 Å². The third kappa shape index (κ3) is 3.25. The second-order valence-electron chi connectivity index (χ2n) is 7.37. The molecule has 140 valence electrons. The Balaban J connectivity index is 1.51. The summed E-state index contributed by atoms with van der Waals surface area (Å²) < 4.78 is 32.7. The van der Waals surface area contributed by atoms with Gasteiger partial charge in [-0.3, -0.25) is 9.52 Å². The first-order valence-electron chi connectivity index (χ1n) is 8.90. The van der Waals surface area contributed by atoms with Crippen molar-refractivity contribution in [1.82, 2.24) is 0 Å². The molecule has 0 radical (unpaired) electrons. The van der Waals surface area contributed by atoms with Crippen molar-refractivity contribution in [3.8, 4) is 0 Å². The molecule has 1 saturated heterocycles. The first-order valence-corrected chi connectivity index (χ1v) is 10.4. The number of esters is 1. The minimum Gasteiger partial charge on any atom is -0.465 e. The van der Waals surface area contributed by atoms with E-state index in [9.17, 15) is 13.2 Å². The maximum Gasteiger partial charge on any atom is 0.313 e. The molecule has 5 nitrogen and oxygen atoms in total. The molecule has 6 heteroatoms. The summed E-state index contributed by atoms with van der Waals surface area (Å²) in [5.74, 6) is 0.0498. The molecule has 2 aliphatic rings. The van der Waals surface area contributed by atoms with Crippen LogP contribution in [0.2, 0.25) is 0 Å². The van der Waals surface area contributed by atoms with Gasteiger partial charge in [0.1, 0.15) is 0 Å². The van der Waals surface area contributed by atoms with Crippen molar-refractivity contribution in [2.75, 3.05) is 11.3 Å². The molecule has 2 fully saturated rings. The third-order valence-electron chi connectivity index (χ3n) is 5.48. The Morgan fingerprint density at radius 1 is 1.11 bits per heavy atom. The van der Waals surface area contributed by atoms with E-state index in [-0.39, 0.29) is 16.8 Å². The van der Waals surface area contributed by atoms with Crippen LogP contribution >= 0.6 is 0 Å². The number of hydrogen-bond donors (Lipinski definition) is 1. The number of rotatable bonds is 5. The Morgan fingerprint density at radius 2 is 1.81 bits per heavy atom. The predicted octanol–water partition coefficient (Wildman–Crippen LogP) is 3.54. The molecule has 0 amide bonds. The van der Waals surface area contributed by atoms with Gasteiger partial charge in [-0.1, -0.05) is 42.5 Å². The van der Waals surface area contributed by atoms with Gasteiger partial charge < -0.3 is 4.74 Å². The molecule has 4 rings (SSSR count). The van der Waals surface area contributed by atoms with E-state index in [0.29, 0.717) is 25.1 Å². The standard InChI is InChI=1S/C21H21NO4S/c1-15-11-17-14-26-20(23)21(17,12-15)13-16-7-9-18(10-8-16)22-27(24,25)19-5-3-2-4-6-19/h2-10,17,22H,1,11-14H2. The number of hydrogen-bond acceptors (Lipinski definition) is 4. The van der Waals surface area contributed by atoms with Gasteiger partial charge in [0, 0.05) is 11.6 Å². The fourth-order valence-corrected chi connectivity index (χ4v) is 5.21. The molecular formula is C21H21NO4S. The second kappa shape index (κ2) is 6.53. The van der Waals surface area contributed by atoms with Gasteiger partial charge >= 0.3 is 5.97 Å². The van der Waals surface area contributed by atoms with Crippen molar-refractivity contribution in [2.24, 2.45) is 11.3 Å². The lowest BCUT2D eigenvalue weighted by atomic mass is 9.75. The molecule has 2 aromatic rings. The summed E-state index contributed by atoms with van der Waals surface area (Å²) >= 11 is 0. The summed E-state index contributed by atoms with van der Waals surface area (Å²) in [4.78, 5) is 12.6. The number of cyclic esters (lactones) is 1. The Kier molecular flexibility index (Phi) is 4.30. The number of allylic oxidation sites excluding steroid dienone is 1. The molecule has 2 atom stereocenters. The maximum absolute atomic E-state index is 12.4. The summed E-state index contributed by atoms with van der Waals surface area (Å²) in [6.45, 7) is 4.52. The van der Waals surface area contributed by atoms with E-state index in [1.807, 2.05) is 12.1 Å². The van der Waals surface area contributed by atoms with E-state index in [1.54, 1.807) is 42.5 Å². The third-order valence-corrected chi connectivity index (χ3v) is 6.88. The van der Waals surface area contributed by atoms with Crippen molar-refractivity contribution < 1.29 is 17.9 Å². The number of carbonyl (C=O) groups is 1. The number of nitrogens with one attached hydrogen (secondary N) is 1. The molecule has 2 aromatic carbocycles. The summed E-state index contributed by atoms with van der Waals surface area (Å²) in [5, 5.41) is 0. The van der Waals surface area contributed by atoms with Gasteiger partial charge in [-0.15, -0.1) is 0 Å². The van der Waals surface area contributed by atoms with E-state index in [1.165, 1.54) is 0 Å². The molecule has 1 aliphatic carbocycles. The molecule has 1 aliphatic heterocycles. The van der Waals surface area contributed by atoms with Crippen molar-refractivity contribution >= 4 is 21.7 Å². The summed E-state index contributed by atoms with van der Waals surface area (Å²) in [7, 11) is -3.62. The molecule has 1 heterocycles. The van der Waals surface area contributed by atoms with Crippen molar-refractivity contribution in [1.29, 1.82) is 0 Å². The van der Waals surface area contributed by atoms with Crippen LogP contribution in [0.4, 0.5) is 5.69 Å². The highest BCUT2D eigenvalue weighted by molar-refractivity contribution is 7.92. The van der Waals surface area contributed by atoms with Gasteiger partial charge in [-0.2, -0.15) is 0 Å². The minimum absolute atomic E-state index is 0.139. The summed E-state index contributed by atoms with van der Waals surface area (Å²) in [6, 6.07) is 15.4. The predicted molar refractivity (Wildman–Crippen MR) is 103 cm³/mol. The van der Waals surface area contributed by atoms with Crippen molar-refractivity contribution in [3.63, 3.8) is 0 Å². The smallest absolute Gasteiger partial charge is 0.313 e. The zero-order chi connectivity index (χ0) is 19.1. The zero-order valence-electron chi connectivity index (χ0n) is 14.9. The average Bonchev–Trinajstić information content (AvgIpc) is 3.12. The maximum atomic E-state index is 12.4. The summed E-state index contributed by atoms with van der Waals surface area (Å²) in [5.41, 5.74) is 2.06. The van der Waals surface area contributed by atoms with Crippen LogP contribution in [-0.2, 0) is 26.0 Å². The van der Waals surface area contributed by atoms with Crippen LogP contribution in [-0.4, -0.2) is 21.0 Å². The minimum atomic E-state index is -3.62. The van der Waals surface area contributed by atoms with Gasteiger partial charge in [0.25, 0.3) is 10.0 Å². The van der Waals surface area contributed by atoms with Gasteiger partial charge in [0.2, 0.25) is 0 Å². The Labute approximate surface area is 159 Å². The largest absolute Gasteiger partial charge is 0.465 e. The second-order valence-corrected chi connectivity index (χ2v) is 9.06. The molecule has 27 heavy (non-hydrogen) atoms. The molecule has 0 aromatic heterocycles. The summed E-state index contributed by atoms with van der Waals surface area (Å²) in [6.07, 6.45) is 2.08. The lowest BCUT2D eigenvalue weighted by Crippen LogP contribution is -2.31. The molecule has 2 unspecified atom stereocenters. The van der Waals surface area contributed by atoms with Crippen molar-refractivity contribution in [2.45, 2.75) is 24.2 Å². The zero-order valence-corrected chi connectivity index (χ0v) is 15.7. The lowest BCUT2D eigenvalue weighted by Gasteiger charge is -2.24. The van der Waals surface area contributed by atoms with Crippen molar-refractivity contribution in [3.05, 3.63) is 72.3 Å². The van der Waals surface area contributed by atoms with E-state index in [4.69, 9.17) is 4.74 Å². The van der Waals surface area contributed by atoms with Gasteiger partial charge in [-0.05, 0) is 49.1 Å². The van der Waals surface area contributed by atoms with Crippen LogP contribution < -0.4 is 4.72 Å². The number of ether oxygens (including phenoxy) is 1. The number of carbonyl (C=O) groups excluding carboxylic acids is 1. The monoisotopic (exact) mass is 383 g/mol. The SMILES string of the molecule is C=C1CC2COC(=O)C2(Cc2ccc(NS(=O)(=O)c3ccccc3)cc2)C1. The van der Waals surface area contributed by atoms with Crippen LogP contribution in [0, 0.1) is 11.3 Å². The molecule has 1 N–H and O–H groups in total. The Morgan fingerprint density at radius 3 is 2.52 bits per heavy atom. The lowest BCUT2D eigenvalue weighted by molar-refractivity contribution is -0.146. The van der Waals surface area contributed by atoms with Gasteiger partial charge in [0.05, 0.1) is 16.9 Å². The van der Waals surface area contributed by atoms with Crippen LogP contribution in [0.3, 0.4) is 0 Å². The molecule has 0 spiro atoms. The first kappa shape index (κ1) is 17.8.